The molecule has 3 aromatic rings. The number of nitrogens with one attached hydrogen (secondary N) is 2. The van der Waals surface area contributed by atoms with Crippen LogP contribution < -0.4 is 10.6 Å². The molecule has 2 aromatic carbocycles. The molecule has 2 amide bonds. The molecule has 0 unspecified atom stereocenters. The third kappa shape index (κ3) is 4.46. The lowest BCUT2D eigenvalue weighted by Gasteiger charge is -2.09. The molecule has 2 N–H and O–H groups in total. The molecule has 144 valence electrons. The van der Waals surface area contributed by atoms with Crippen molar-refractivity contribution in [1.82, 2.24) is 20.4 Å². The van der Waals surface area contributed by atoms with Crippen molar-refractivity contribution in [3.05, 3.63) is 71.9 Å². The Morgan fingerprint density at radius 3 is 2.39 bits per heavy atom. The Bertz CT molecular complexity index is 977. The van der Waals surface area contributed by atoms with Gasteiger partial charge in [-0.2, -0.15) is 5.10 Å². The van der Waals surface area contributed by atoms with E-state index in [4.69, 9.17) is 0 Å². The van der Waals surface area contributed by atoms with E-state index in [1.165, 1.54) is 0 Å². The van der Waals surface area contributed by atoms with Crippen LogP contribution in [0.2, 0.25) is 0 Å². The summed E-state index contributed by atoms with van der Waals surface area (Å²) in [6, 6.07) is 17.4. The number of benzene rings is 2. The van der Waals surface area contributed by atoms with Gasteiger partial charge in [0.25, 0.3) is 5.91 Å². The van der Waals surface area contributed by atoms with Crippen molar-refractivity contribution >= 4 is 11.8 Å². The van der Waals surface area contributed by atoms with Crippen LogP contribution >= 0.6 is 0 Å². The van der Waals surface area contributed by atoms with Crippen molar-refractivity contribution in [1.29, 1.82) is 0 Å². The molecule has 0 bridgehead atoms. The van der Waals surface area contributed by atoms with E-state index in [1.807, 2.05) is 75.4 Å². The number of nitrogens with zero attached hydrogens (tertiary/aromatic N) is 2. The third-order valence-corrected chi connectivity index (χ3v) is 4.24. The van der Waals surface area contributed by atoms with Crippen molar-refractivity contribution < 1.29 is 9.59 Å². The Balaban J connectivity index is 1.94. The third-order valence-electron chi connectivity index (χ3n) is 4.24. The van der Waals surface area contributed by atoms with Crippen LogP contribution in [0.4, 0.5) is 0 Å². The molecule has 0 atom stereocenters. The van der Waals surface area contributed by atoms with Crippen LogP contribution in [0.3, 0.4) is 0 Å². The van der Waals surface area contributed by atoms with E-state index in [0.29, 0.717) is 11.3 Å². The van der Waals surface area contributed by atoms with E-state index in [2.05, 4.69) is 15.7 Å². The number of hydrogen-bond donors (Lipinski definition) is 2. The Kier molecular flexibility index (Phi) is 5.89. The molecule has 0 aliphatic heterocycles. The second kappa shape index (κ2) is 8.52. The molecule has 0 spiro atoms. The molecule has 1 heterocycles. The van der Waals surface area contributed by atoms with E-state index in [1.54, 1.807) is 10.9 Å². The predicted octanol–water partition coefficient (Wildman–Crippen LogP) is 3.10. The maximum atomic E-state index is 12.8. The standard InChI is InChI=1S/C22H24N4O2/c1-15(2)24-20(27)13-23-22(28)19-14-26(17-10-5-4-6-11-17)25-21(19)18-12-8-7-9-16(18)3/h4-12,14-15H,13H2,1-3H3,(H,23,28)(H,24,27). The van der Waals surface area contributed by atoms with Crippen molar-refractivity contribution in [3.8, 4) is 16.9 Å². The highest BCUT2D eigenvalue weighted by atomic mass is 16.2. The molecule has 0 saturated carbocycles. The lowest BCUT2D eigenvalue weighted by molar-refractivity contribution is -0.120. The monoisotopic (exact) mass is 376 g/mol. The number of rotatable bonds is 6. The van der Waals surface area contributed by atoms with E-state index in [9.17, 15) is 9.59 Å². The first-order valence-corrected chi connectivity index (χ1v) is 9.24. The van der Waals surface area contributed by atoms with Gasteiger partial charge in [-0.25, -0.2) is 4.68 Å². The fourth-order valence-corrected chi connectivity index (χ4v) is 2.92. The minimum absolute atomic E-state index is 0.0211. The molecular weight excluding hydrogens is 352 g/mol. The molecule has 1 aromatic heterocycles. The van der Waals surface area contributed by atoms with Gasteiger partial charge in [-0.15, -0.1) is 0 Å². The lowest BCUT2D eigenvalue weighted by atomic mass is 10.0. The molecule has 28 heavy (non-hydrogen) atoms. The first kappa shape index (κ1) is 19.4. The Morgan fingerprint density at radius 2 is 1.71 bits per heavy atom. The Labute approximate surface area is 164 Å². The smallest absolute Gasteiger partial charge is 0.255 e. The van der Waals surface area contributed by atoms with Gasteiger partial charge in [-0.05, 0) is 38.5 Å². The van der Waals surface area contributed by atoms with Gasteiger partial charge in [0.2, 0.25) is 5.91 Å². The summed E-state index contributed by atoms with van der Waals surface area (Å²) in [5.74, 6) is -0.560. The average Bonchev–Trinajstić information content (AvgIpc) is 3.12. The summed E-state index contributed by atoms with van der Waals surface area (Å²) >= 11 is 0. The molecule has 0 aliphatic rings. The second-order valence-corrected chi connectivity index (χ2v) is 6.89. The Morgan fingerprint density at radius 1 is 1.04 bits per heavy atom. The van der Waals surface area contributed by atoms with Gasteiger partial charge in [0.1, 0.15) is 5.69 Å². The number of aromatic nitrogens is 2. The zero-order chi connectivity index (χ0) is 20.1. The number of amides is 2. The summed E-state index contributed by atoms with van der Waals surface area (Å²) in [7, 11) is 0. The summed E-state index contributed by atoms with van der Waals surface area (Å²) in [6.07, 6.45) is 1.70. The molecule has 0 fully saturated rings. The van der Waals surface area contributed by atoms with E-state index < -0.39 is 0 Å². The molecule has 6 nitrogen and oxygen atoms in total. The van der Waals surface area contributed by atoms with Crippen LogP contribution in [0.25, 0.3) is 16.9 Å². The predicted molar refractivity (Wildman–Crippen MR) is 109 cm³/mol. The number of aryl methyl sites for hydroxylation is 1. The number of hydrogen-bond acceptors (Lipinski definition) is 3. The van der Waals surface area contributed by atoms with Crippen LogP contribution in [-0.2, 0) is 4.79 Å². The first-order valence-electron chi connectivity index (χ1n) is 9.24. The molecule has 0 aliphatic carbocycles. The number of para-hydroxylation sites is 1. The van der Waals surface area contributed by atoms with Gasteiger partial charge in [-0.3, -0.25) is 9.59 Å². The number of carbonyl (C=O) groups excluding carboxylic acids is 2. The van der Waals surface area contributed by atoms with Crippen LogP contribution in [0, 0.1) is 6.92 Å². The van der Waals surface area contributed by atoms with Gasteiger partial charge in [-0.1, -0.05) is 42.5 Å². The number of carbonyl (C=O) groups is 2. The highest BCUT2D eigenvalue weighted by Gasteiger charge is 2.20. The van der Waals surface area contributed by atoms with Gasteiger partial charge in [0.05, 0.1) is 17.8 Å². The molecule has 6 heteroatoms. The van der Waals surface area contributed by atoms with Gasteiger partial charge in [0, 0.05) is 17.8 Å². The highest BCUT2D eigenvalue weighted by Crippen LogP contribution is 2.26. The van der Waals surface area contributed by atoms with Crippen LogP contribution in [0.15, 0.2) is 60.8 Å². The minimum atomic E-state index is -0.334. The fraction of sp³-hybridized carbons (Fsp3) is 0.227. The van der Waals surface area contributed by atoms with Crippen molar-refractivity contribution in [2.45, 2.75) is 26.8 Å². The SMILES string of the molecule is Cc1ccccc1-c1nn(-c2ccccc2)cc1C(=O)NCC(=O)NC(C)C. The van der Waals surface area contributed by atoms with Crippen LogP contribution in [0.5, 0.6) is 0 Å². The highest BCUT2D eigenvalue weighted by molar-refractivity contribution is 6.01. The van der Waals surface area contributed by atoms with Crippen LogP contribution in [0.1, 0.15) is 29.8 Å². The minimum Gasteiger partial charge on any atom is -0.352 e. The van der Waals surface area contributed by atoms with Gasteiger partial charge in [0.15, 0.2) is 0 Å². The largest absolute Gasteiger partial charge is 0.352 e. The summed E-state index contributed by atoms with van der Waals surface area (Å²) < 4.78 is 1.69. The van der Waals surface area contributed by atoms with E-state index in [0.717, 1.165) is 16.8 Å². The quantitative estimate of drug-likeness (QED) is 0.694. The molecule has 0 saturated heterocycles. The molecule has 0 radical (unpaired) electrons. The zero-order valence-corrected chi connectivity index (χ0v) is 16.3. The first-order chi connectivity index (χ1) is 13.5. The van der Waals surface area contributed by atoms with E-state index >= 15 is 0 Å². The lowest BCUT2D eigenvalue weighted by Crippen LogP contribution is -2.39. The summed E-state index contributed by atoms with van der Waals surface area (Å²) in [5.41, 5.74) is 3.77. The summed E-state index contributed by atoms with van der Waals surface area (Å²) in [6.45, 7) is 5.65. The molecular formula is C22H24N4O2. The van der Waals surface area contributed by atoms with E-state index in [-0.39, 0.29) is 24.4 Å². The normalized spacial score (nSPS) is 10.7. The van der Waals surface area contributed by atoms with Gasteiger partial charge < -0.3 is 10.6 Å². The fourth-order valence-electron chi connectivity index (χ4n) is 2.92. The second-order valence-electron chi connectivity index (χ2n) is 6.89. The molecule has 3 rings (SSSR count). The summed E-state index contributed by atoms with van der Waals surface area (Å²) in [4.78, 5) is 24.7. The maximum Gasteiger partial charge on any atom is 0.255 e. The summed E-state index contributed by atoms with van der Waals surface area (Å²) in [5, 5.41) is 10.1. The van der Waals surface area contributed by atoms with Crippen molar-refractivity contribution in [3.63, 3.8) is 0 Å². The maximum absolute atomic E-state index is 12.8. The average molecular weight is 376 g/mol. The zero-order valence-electron chi connectivity index (χ0n) is 16.3. The van der Waals surface area contributed by atoms with Crippen molar-refractivity contribution in [2.24, 2.45) is 0 Å². The Hall–Kier alpha value is -3.41. The van der Waals surface area contributed by atoms with Crippen molar-refractivity contribution in [2.75, 3.05) is 6.54 Å². The van der Waals surface area contributed by atoms with Crippen LogP contribution in [-0.4, -0.2) is 34.2 Å². The van der Waals surface area contributed by atoms with Gasteiger partial charge >= 0.3 is 0 Å². The topological polar surface area (TPSA) is 76.0 Å².